The van der Waals surface area contributed by atoms with Crippen LogP contribution in [0.4, 0.5) is 5.69 Å². The number of para-hydroxylation sites is 1. The number of pyridine rings is 1. The molecule has 2 heterocycles. The van der Waals surface area contributed by atoms with E-state index in [9.17, 15) is 4.79 Å². The van der Waals surface area contributed by atoms with E-state index >= 15 is 0 Å². The predicted molar refractivity (Wildman–Crippen MR) is 138 cm³/mol. The summed E-state index contributed by atoms with van der Waals surface area (Å²) in [6.07, 6.45) is 0. The number of aromatic nitrogens is 3. The third-order valence-electron chi connectivity index (χ3n) is 5.96. The van der Waals surface area contributed by atoms with Gasteiger partial charge in [0.15, 0.2) is 5.65 Å². The first-order chi connectivity index (χ1) is 16.5. The Hall–Kier alpha value is -4.25. The van der Waals surface area contributed by atoms with E-state index in [2.05, 4.69) is 31.3 Å². The van der Waals surface area contributed by atoms with Gasteiger partial charge in [0.2, 0.25) is 0 Å². The molecule has 0 aliphatic carbocycles. The molecule has 3 aromatic carbocycles. The molecule has 168 valence electrons. The van der Waals surface area contributed by atoms with Gasteiger partial charge in [-0.05, 0) is 48.7 Å². The van der Waals surface area contributed by atoms with E-state index in [1.165, 1.54) is 5.56 Å². The van der Waals surface area contributed by atoms with Crippen LogP contribution >= 0.6 is 0 Å². The average molecular weight is 447 g/mol. The molecule has 0 aliphatic heterocycles. The number of rotatable bonds is 5. The minimum absolute atomic E-state index is 0.183. The minimum Gasteiger partial charge on any atom is -0.322 e. The van der Waals surface area contributed by atoms with Crippen LogP contribution in [0.2, 0.25) is 0 Å². The van der Waals surface area contributed by atoms with Crippen LogP contribution in [0.3, 0.4) is 0 Å². The first-order valence-electron chi connectivity index (χ1n) is 11.4. The molecule has 0 atom stereocenters. The summed E-state index contributed by atoms with van der Waals surface area (Å²) in [5, 5.41) is 8.57. The first-order valence-corrected chi connectivity index (χ1v) is 11.4. The Morgan fingerprint density at radius 1 is 0.882 bits per heavy atom. The molecule has 1 amide bonds. The summed E-state index contributed by atoms with van der Waals surface area (Å²) >= 11 is 0. The second-order valence-electron chi connectivity index (χ2n) is 8.68. The maximum Gasteiger partial charge on any atom is 0.256 e. The highest BCUT2D eigenvalue weighted by molar-refractivity contribution is 6.13. The number of carbonyl (C=O) groups is 1. The molecule has 0 bridgehead atoms. The maximum absolute atomic E-state index is 13.6. The molecule has 0 radical (unpaired) electrons. The van der Waals surface area contributed by atoms with Crippen molar-refractivity contribution in [3.8, 4) is 16.9 Å². The lowest BCUT2D eigenvalue weighted by Gasteiger charge is -2.11. The van der Waals surface area contributed by atoms with Crippen molar-refractivity contribution in [2.24, 2.45) is 0 Å². The Bertz CT molecular complexity index is 1450. The highest BCUT2D eigenvalue weighted by atomic mass is 16.1. The van der Waals surface area contributed by atoms with E-state index in [1.54, 1.807) is 0 Å². The number of hydrogen-bond acceptors (Lipinski definition) is 3. The van der Waals surface area contributed by atoms with Crippen molar-refractivity contribution in [2.75, 3.05) is 5.32 Å². The van der Waals surface area contributed by atoms with Crippen LogP contribution in [0.15, 0.2) is 91.0 Å². The molecule has 0 aliphatic rings. The van der Waals surface area contributed by atoms with Crippen molar-refractivity contribution in [3.63, 3.8) is 0 Å². The number of benzene rings is 3. The van der Waals surface area contributed by atoms with Crippen LogP contribution in [0.1, 0.15) is 41.4 Å². The number of anilines is 1. The molecule has 5 rings (SSSR count). The number of aryl methyl sites for hydroxylation is 1. The predicted octanol–water partition coefficient (Wildman–Crippen LogP) is 6.77. The number of fused-ring (bicyclic) bond motifs is 1. The molecular weight excluding hydrogens is 420 g/mol. The Morgan fingerprint density at radius 3 is 2.18 bits per heavy atom. The summed E-state index contributed by atoms with van der Waals surface area (Å²) < 4.78 is 1.81. The Balaban J connectivity index is 1.65. The summed E-state index contributed by atoms with van der Waals surface area (Å²) in [6.45, 7) is 6.22. The van der Waals surface area contributed by atoms with Gasteiger partial charge in [-0.3, -0.25) is 4.79 Å². The zero-order valence-electron chi connectivity index (χ0n) is 19.5. The molecule has 0 spiro atoms. The van der Waals surface area contributed by atoms with Gasteiger partial charge in [0.25, 0.3) is 5.91 Å². The number of amides is 1. The first kappa shape index (κ1) is 21.6. The topological polar surface area (TPSA) is 59.8 Å². The fourth-order valence-electron chi connectivity index (χ4n) is 4.12. The van der Waals surface area contributed by atoms with Crippen molar-refractivity contribution >= 4 is 22.6 Å². The molecule has 0 saturated heterocycles. The standard InChI is InChI=1S/C29H26N4O/c1-19(2)21-14-16-23(17-15-21)30-29(34)25-18-26(22-10-6-4-7-11-22)31-28-27(25)20(3)32-33(28)24-12-8-5-9-13-24/h4-19H,1-3H3,(H,30,34). The van der Waals surface area contributed by atoms with Gasteiger partial charge in [-0.2, -0.15) is 5.10 Å². The zero-order valence-corrected chi connectivity index (χ0v) is 19.5. The van der Waals surface area contributed by atoms with Gasteiger partial charge in [0.05, 0.1) is 28.0 Å². The van der Waals surface area contributed by atoms with Crippen molar-refractivity contribution in [1.29, 1.82) is 0 Å². The lowest BCUT2D eigenvalue weighted by atomic mass is 10.0. The van der Waals surface area contributed by atoms with Crippen molar-refractivity contribution in [1.82, 2.24) is 14.8 Å². The average Bonchev–Trinajstić information content (AvgIpc) is 3.21. The molecular formula is C29H26N4O. The van der Waals surface area contributed by atoms with Crippen molar-refractivity contribution in [2.45, 2.75) is 26.7 Å². The molecule has 0 unspecified atom stereocenters. The van der Waals surface area contributed by atoms with Crippen LogP contribution < -0.4 is 5.32 Å². The number of nitrogens with zero attached hydrogens (tertiary/aromatic N) is 3. The summed E-state index contributed by atoms with van der Waals surface area (Å²) in [5.41, 5.74) is 6.52. The summed E-state index contributed by atoms with van der Waals surface area (Å²) in [5.74, 6) is 0.252. The maximum atomic E-state index is 13.6. The van der Waals surface area contributed by atoms with E-state index in [0.717, 1.165) is 33.7 Å². The Labute approximate surface area is 199 Å². The third kappa shape index (κ3) is 4.08. The lowest BCUT2D eigenvalue weighted by molar-refractivity contribution is 0.102. The summed E-state index contributed by atoms with van der Waals surface area (Å²) in [4.78, 5) is 18.5. The van der Waals surface area contributed by atoms with E-state index in [-0.39, 0.29) is 5.91 Å². The van der Waals surface area contributed by atoms with Crippen LogP contribution in [-0.4, -0.2) is 20.7 Å². The number of nitrogens with one attached hydrogen (secondary N) is 1. The van der Waals surface area contributed by atoms with E-state index < -0.39 is 0 Å². The molecule has 0 fully saturated rings. The quantitative estimate of drug-likeness (QED) is 0.324. The summed E-state index contributed by atoms with van der Waals surface area (Å²) in [6, 6.07) is 29.6. The molecule has 1 N–H and O–H groups in total. The van der Waals surface area contributed by atoms with Gasteiger partial charge in [0.1, 0.15) is 0 Å². The molecule has 0 saturated carbocycles. The highest BCUT2D eigenvalue weighted by Gasteiger charge is 2.21. The van der Waals surface area contributed by atoms with Gasteiger partial charge in [-0.15, -0.1) is 0 Å². The van der Waals surface area contributed by atoms with Gasteiger partial charge >= 0.3 is 0 Å². The summed E-state index contributed by atoms with van der Waals surface area (Å²) in [7, 11) is 0. The monoisotopic (exact) mass is 446 g/mol. The fourth-order valence-corrected chi connectivity index (χ4v) is 4.12. The molecule has 5 nitrogen and oxygen atoms in total. The lowest BCUT2D eigenvalue weighted by Crippen LogP contribution is -2.13. The Morgan fingerprint density at radius 2 is 1.53 bits per heavy atom. The van der Waals surface area contributed by atoms with Gasteiger partial charge in [-0.1, -0.05) is 74.5 Å². The highest BCUT2D eigenvalue weighted by Crippen LogP contribution is 2.29. The number of hydrogen-bond donors (Lipinski definition) is 1. The van der Waals surface area contributed by atoms with E-state index in [4.69, 9.17) is 10.1 Å². The van der Waals surface area contributed by atoms with Gasteiger partial charge in [0, 0.05) is 11.3 Å². The van der Waals surface area contributed by atoms with Gasteiger partial charge < -0.3 is 5.32 Å². The Kier molecular flexibility index (Phi) is 5.68. The molecule has 5 heteroatoms. The van der Waals surface area contributed by atoms with Crippen molar-refractivity contribution in [3.05, 3.63) is 108 Å². The second-order valence-corrected chi connectivity index (χ2v) is 8.68. The molecule has 5 aromatic rings. The smallest absolute Gasteiger partial charge is 0.256 e. The fraction of sp³-hybridized carbons (Fsp3) is 0.138. The van der Waals surface area contributed by atoms with E-state index in [1.807, 2.05) is 90.5 Å². The van der Waals surface area contributed by atoms with E-state index in [0.29, 0.717) is 17.1 Å². The third-order valence-corrected chi connectivity index (χ3v) is 5.96. The molecule has 34 heavy (non-hydrogen) atoms. The van der Waals surface area contributed by atoms with Gasteiger partial charge in [-0.25, -0.2) is 9.67 Å². The van der Waals surface area contributed by atoms with Crippen LogP contribution in [0.5, 0.6) is 0 Å². The second kappa shape index (κ2) is 8.94. The van der Waals surface area contributed by atoms with Crippen LogP contribution in [-0.2, 0) is 0 Å². The van der Waals surface area contributed by atoms with Crippen LogP contribution in [0.25, 0.3) is 28.0 Å². The SMILES string of the molecule is Cc1nn(-c2ccccc2)c2nc(-c3ccccc3)cc(C(=O)Nc3ccc(C(C)C)cc3)c12. The van der Waals surface area contributed by atoms with Crippen LogP contribution in [0, 0.1) is 6.92 Å². The molecule has 2 aromatic heterocycles. The largest absolute Gasteiger partial charge is 0.322 e. The minimum atomic E-state index is -0.183. The number of carbonyl (C=O) groups excluding carboxylic acids is 1. The zero-order chi connectivity index (χ0) is 23.7. The van der Waals surface area contributed by atoms with Crippen molar-refractivity contribution < 1.29 is 4.79 Å². The normalized spacial score (nSPS) is 11.2.